The van der Waals surface area contributed by atoms with Crippen molar-refractivity contribution < 1.29 is 4.79 Å². The van der Waals surface area contributed by atoms with E-state index in [1.54, 1.807) is 0 Å². The Labute approximate surface area is 67.6 Å². The Morgan fingerprint density at radius 3 is 2.36 bits per heavy atom. The summed E-state index contributed by atoms with van der Waals surface area (Å²) in [7, 11) is 0. The van der Waals surface area contributed by atoms with Gasteiger partial charge >= 0.3 is 0 Å². The number of nitrogens with two attached hydrogens (primary N) is 1. The predicted molar refractivity (Wildman–Crippen MR) is 44.8 cm³/mol. The fourth-order valence-electron chi connectivity index (χ4n) is 0.686. The van der Waals surface area contributed by atoms with Gasteiger partial charge in [0.15, 0.2) is 0 Å². The van der Waals surface area contributed by atoms with Gasteiger partial charge in [-0.1, -0.05) is 19.8 Å². The largest absolute Gasteiger partial charge is 0.359 e. The molecule has 0 aromatic heterocycles. The molecule has 0 aromatic rings. The van der Waals surface area contributed by atoms with Crippen molar-refractivity contribution in [1.82, 2.24) is 4.90 Å². The van der Waals surface area contributed by atoms with E-state index >= 15 is 0 Å². The summed E-state index contributed by atoms with van der Waals surface area (Å²) in [5.74, 6) is 4.42. The summed E-state index contributed by atoms with van der Waals surface area (Å²) >= 11 is 0. The summed E-state index contributed by atoms with van der Waals surface area (Å²) in [6.45, 7) is 6.62. The molecular formula is C8H14N2O. The van der Waals surface area contributed by atoms with E-state index in [1.807, 2.05) is 0 Å². The second-order valence-electron chi connectivity index (χ2n) is 2.13. The van der Waals surface area contributed by atoms with Crippen LogP contribution < -0.4 is 5.73 Å². The van der Waals surface area contributed by atoms with Crippen molar-refractivity contribution in [2.45, 2.75) is 13.8 Å². The molecule has 0 saturated heterocycles. The Morgan fingerprint density at radius 1 is 1.45 bits per heavy atom. The van der Waals surface area contributed by atoms with Gasteiger partial charge in [0.2, 0.25) is 0 Å². The number of amides is 1. The minimum atomic E-state index is -0.558. The number of carbonyl (C=O) groups excluding carboxylic acids is 1. The van der Waals surface area contributed by atoms with Crippen molar-refractivity contribution in [3.8, 4) is 11.8 Å². The average Bonchev–Trinajstić information content (AvgIpc) is 1.98. The maximum absolute atomic E-state index is 10.2. The average molecular weight is 154 g/mol. The van der Waals surface area contributed by atoms with Crippen LogP contribution in [0.2, 0.25) is 0 Å². The van der Waals surface area contributed by atoms with Gasteiger partial charge in [0.1, 0.15) is 0 Å². The van der Waals surface area contributed by atoms with Gasteiger partial charge in [-0.25, -0.2) is 0 Å². The molecule has 0 aliphatic rings. The fourth-order valence-corrected chi connectivity index (χ4v) is 0.686. The SMILES string of the molecule is CCN(CC)CC#CC(N)=O. The van der Waals surface area contributed by atoms with Gasteiger partial charge < -0.3 is 5.73 Å². The van der Waals surface area contributed by atoms with Gasteiger partial charge in [-0.3, -0.25) is 9.69 Å². The molecule has 0 rings (SSSR count). The van der Waals surface area contributed by atoms with E-state index < -0.39 is 5.91 Å². The second-order valence-corrected chi connectivity index (χ2v) is 2.13. The molecule has 3 heteroatoms. The van der Waals surface area contributed by atoms with Gasteiger partial charge in [-0.2, -0.15) is 0 Å². The summed E-state index contributed by atoms with van der Waals surface area (Å²) < 4.78 is 0. The summed E-state index contributed by atoms with van der Waals surface area (Å²) in [5.41, 5.74) is 4.83. The zero-order valence-corrected chi connectivity index (χ0v) is 7.05. The molecule has 11 heavy (non-hydrogen) atoms. The van der Waals surface area contributed by atoms with Crippen LogP contribution in [0.1, 0.15) is 13.8 Å². The number of hydrogen-bond acceptors (Lipinski definition) is 2. The summed E-state index contributed by atoms with van der Waals surface area (Å²) in [6, 6.07) is 0. The van der Waals surface area contributed by atoms with E-state index in [0.29, 0.717) is 6.54 Å². The number of rotatable bonds is 3. The highest BCUT2D eigenvalue weighted by molar-refractivity contribution is 5.91. The topological polar surface area (TPSA) is 46.3 Å². The molecule has 0 unspecified atom stereocenters. The monoisotopic (exact) mass is 154 g/mol. The molecule has 62 valence electrons. The van der Waals surface area contributed by atoms with Crippen LogP contribution in [0.4, 0.5) is 0 Å². The summed E-state index contributed by atoms with van der Waals surface area (Å²) in [5, 5.41) is 0. The molecule has 0 radical (unpaired) electrons. The highest BCUT2D eigenvalue weighted by atomic mass is 16.1. The Morgan fingerprint density at radius 2 is 2.00 bits per heavy atom. The summed E-state index contributed by atoms with van der Waals surface area (Å²) in [4.78, 5) is 12.3. The quantitative estimate of drug-likeness (QED) is 0.573. The number of hydrogen-bond donors (Lipinski definition) is 1. The lowest BCUT2D eigenvalue weighted by molar-refractivity contribution is -0.112. The van der Waals surface area contributed by atoms with Gasteiger partial charge in [-0.15, -0.1) is 0 Å². The molecule has 0 aliphatic carbocycles. The molecule has 0 saturated carbocycles. The van der Waals surface area contributed by atoms with Crippen molar-refractivity contribution >= 4 is 5.91 Å². The zero-order chi connectivity index (χ0) is 8.69. The molecule has 1 amide bonds. The van der Waals surface area contributed by atoms with Gasteiger partial charge in [0.25, 0.3) is 5.91 Å². The standard InChI is InChI=1S/C8H14N2O/c1-3-10(4-2)7-5-6-8(9)11/h3-4,7H2,1-2H3,(H2,9,11). The smallest absolute Gasteiger partial charge is 0.293 e. The molecule has 3 nitrogen and oxygen atoms in total. The number of primary amides is 1. The molecule has 0 spiro atoms. The first-order valence-corrected chi connectivity index (χ1v) is 3.71. The Bertz CT molecular complexity index is 174. The van der Waals surface area contributed by atoms with E-state index in [1.165, 1.54) is 0 Å². The fraction of sp³-hybridized carbons (Fsp3) is 0.625. The lowest BCUT2D eigenvalue weighted by Gasteiger charge is -2.12. The molecular weight excluding hydrogens is 140 g/mol. The van der Waals surface area contributed by atoms with Crippen molar-refractivity contribution in [1.29, 1.82) is 0 Å². The van der Waals surface area contributed by atoms with Crippen LogP contribution in [0.3, 0.4) is 0 Å². The maximum Gasteiger partial charge on any atom is 0.293 e. The van der Waals surface area contributed by atoms with Gasteiger partial charge in [0.05, 0.1) is 6.54 Å². The molecule has 0 heterocycles. The first kappa shape index (κ1) is 9.99. The first-order valence-electron chi connectivity index (χ1n) is 3.71. The third kappa shape index (κ3) is 5.43. The van der Waals surface area contributed by atoms with Crippen LogP contribution in [0.15, 0.2) is 0 Å². The second kappa shape index (κ2) is 5.75. The Kier molecular flexibility index (Phi) is 5.22. The van der Waals surface area contributed by atoms with Crippen LogP contribution in [-0.2, 0) is 4.79 Å². The van der Waals surface area contributed by atoms with E-state index in [-0.39, 0.29) is 0 Å². The minimum Gasteiger partial charge on any atom is -0.359 e. The first-order chi connectivity index (χ1) is 5.20. The van der Waals surface area contributed by atoms with Crippen LogP contribution >= 0.6 is 0 Å². The van der Waals surface area contributed by atoms with Crippen LogP contribution in [0, 0.1) is 11.8 Å². The highest BCUT2D eigenvalue weighted by Gasteiger charge is 1.93. The number of carbonyl (C=O) groups is 1. The van der Waals surface area contributed by atoms with Crippen molar-refractivity contribution in [3.05, 3.63) is 0 Å². The van der Waals surface area contributed by atoms with Crippen LogP contribution in [0.5, 0.6) is 0 Å². The van der Waals surface area contributed by atoms with E-state index in [0.717, 1.165) is 13.1 Å². The zero-order valence-electron chi connectivity index (χ0n) is 7.05. The third-order valence-corrected chi connectivity index (χ3v) is 1.41. The normalized spacial score (nSPS) is 9.00. The molecule has 0 aromatic carbocycles. The van der Waals surface area contributed by atoms with Crippen molar-refractivity contribution in [2.24, 2.45) is 5.73 Å². The van der Waals surface area contributed by atoms with E-state index in [9.17, 15) is 4.79 Å². The predicted octanol–water partition coefficient (Wildman–Crippen LogP) is -0.183. The molecule has 0 atom stereocenters. The van der Waals surface area contributed by atoms with Crippen molar-refractivity contribution in [3.63, 3.8) is 0 Å². The third-order valence-electron chi connectivity index (χ3n) is 1.41. The van der Waals surface area contributed by atoms with Crippen LogP contribution in [-0.4, -0.2) is 30.4 Å². The van der Waals surface area contributed by atoms with Gasteiger partial charge in [0, 0.05) is 0 Å². The lowest BCUT2D eigenvalue weighted by atomic mass is 10.4. The minimum absolute atomic E-state index is 0.558. The Balaban J connectivity index is 3.69. The molecule has 0 bridgehead atoms. The summed E-state index contributed by atoms with van der Waals surface area (Å²) in [6.07, 6.45) is 0. The van der Waals surface area contributed by atoms with E-state index in [2.05, 4.69) is 30.6 Å². The van der Waals surface area contributed by atoms with E-state index in [4.69, 9.17) is 5.73 Å². The lowest BCUT2D eigenvalue weighted by Crippen LogP contribution is -2.23. The van der Waals surface area contributed by atoms with Gasteiger partial charge in [-0.05, 0) is 19.0 Å². The van der Waals surface area contributed by atoms with Crippen molar-refractivity contribution in [2.75, 3.05) is 19.6 Å². The van der Waals surface area contributed by atoms with Crippen LogP contribution in [0.25, 0.3) is 0 Å². The number of nitrogens with zero attached hydrogens (tertiary/aromatic N) is 1. The molecule has 0 aliphatic heterocycles. The Hall–Kier alpha value is -1.01. The highest BCUT2D eigenvalue weighted by Crippen LogP contribution is 1.82. The molecule has 0 fully saturated rings. The molecule has 2 N–H and O–H groups in total. The maximum atomic E-state index is 10.2.